The van der Waals surface area contributed by atoms with Crippen LogP contribution in [-0.4, -0.2) is 4.57 Å². The topological polar surface area (TPSA) is 8.17 Å². The summed E-state index contributed by atoms with van der Waals surface area (Å²) < 4.78 is 2.37. The van der Waals surface area contributed by atoms with Crippen LogP contribution < -0.4 is 4.90 Å². The van der Waals surface area contributed by atoms with Gasteiger partial charge in [0.2, 0.25) is 0 Å². The molecular weight excluding hydrogens is 532 g/mol. The highest BCUT2D eigenvalue weighted by atomic mass is 15.1. The summed E-state index contributed by atoms with van der Waals surface area (Å²) in [5, 5.41) is 2.52. The van der Waals surface area contributed by atoms with Crippen LogP contribution in [0.4, 0.5) is 17.1 Å². The van der Waals surface area contributed by atoms with Crippen LogP contribution >= 0.6 is 0 Å². The van der Waals surface area contributed by atoms with Crippen molar-refractivity contribution in [2.45, 2.75) is 0 Å². The van der Waals surface area contributed by atoms with Gasteiger partial charge < -0.3 is 9.47 Å². The number of rotatable bonds is 6. The highest BCUT2D eigenvalue weighted by Gasteiger charge is 2.16. The van der Waals surface area contributed by atoms with E-state index >= 15 is 0 Å². The number of nitrogens with zero attached hydrogens (tertiary/aromatic N) is 2. The normalized spacial score (nSPS) is 11.2. The molecule has 0 spiro atoms. The van der Waals surface area contributed by atoms with Gasteiger partial charge in [0.1, 0.15) is 0 Å². The first-order chi connectivity index (χ1) is 21.8. The second kappa shape index (κ2) is 11.1. The quantitative estimate of drug-likeness (QED) is 0.196. The van der Waals surface area contributed by atoms with E-state index in [4.69, 9.17) is 0 Å². The number of anilines is 3. The van der Waals surface area contributed by atoms with Crippen LogP contribution in [0.15, 0.2) is 182 Å². The highest BCUT2D eigenvalue weighted by molar-refractivity contribution is 6.10. The Kier molecular flexibility index (Phi) is 6.51. The molecule has 0 saturated heterocycles. The molecule has 0 aliphatic carbocycles. The van der Waals surface area contributed by atoms with Crippen molar-refractivity contribution in [3.05, 3.63) is 182 Å². The summed E-state index contributed by atoms with van der Waals surface area (Å²) in [6.45, 7) is 0. The lowest BCUT2D eigenvalue weighted by Crippen LogP contribution is -2.09. The first-order valence-electron chi connectivity index (χ1n) is 15.0. The molecule has 0 N–H and O–H groups in total. The third kappa shape index (κ3) is 4.54. The molecule has 0 amide bonds. The molecule has 1 aromatic heterocycles. The van der Waals surface area contributed by atoms with Crippen LogP contribution in [0.2, 0.25) is 0 Å². The molecular formula is C42H30N2. The third-order valence-corrected chi connectivity index (χ3v) is 8.39. The zero-order chi connectivity index (χ0) is 29.3. The lowest BCUT2D eigenvalue weighted by Gasteiger charge is -2.25. The first-order valence-corrected chi connectivity index (χ1v) is 15.0. The zero-order valence-corrected chi connectivity index (χ0v) is 24.2. The molecule has 2 heteroatoms. The summed E-state index contributed by atoms with van der Waals surface area (Å²) in [5.74, 6) is 0. The fraction of sp³-hybridized carbons (Fsp3) is 0. The molecule has 0 fully saturated rings. The second-order valence-electron chi connectivity index (χ2n) is 11.0. The van der Waals surface area contributed by atoms with Gasteiger partial charge in [-0.05, 0) is 89.0 Å². The van der Waals surface area contributed by atoms with Crippen LogP contribution in [0.25, 0.3) is 49.7 Å². The summed E-state index contributed by atoms with van der Waals surface area (Å²) in [7, 11) is 0. The van der Waals surface area contributed by atoms with Gasteiger partial charge in [-0.3, -0.25) is 0 Å². The molecule has 7 aromatic carbocycles. The minimum absolute atomic E-state index is 1.12. The minimum Gasteiger partial charge on any atom is -0.311 e. The Hall–Kier alpha value is -5.86. The van der Waals surface area contributed by atoms with Crippen molar-refractivity contribution < 1.29 is 0 Å². The van der Waals surface area contributed by atoms with Crippen molar-refractivity contribution >= 4 is 38.9 Å². The molecule has 0 atom stereocenters. The lowest BCUT2D eigenvalue weighted by molar-refractivity contribution is 1.18. The number of aromatic nitrogens is 1. The van der Waals surface area contributed by atoms with E-state index in [1.54, 1.807) is 0 Å². The summed E-state index contributed by atoms with van der Waals surface area (Å²) in [6.07, 6.45) is 0. The maximum atomic E-state index is 2.37. The van der Waals surface area contributed by atoms with Crippen LogP contribution in [0.3, 0.4) is 0 Å². The van der Waals surface area contributed by atoms with Crippen molar-refractivity contribution in [1.82, 2.24) is 4.57 Å². The number of hydrogen-bond donors (Lipinski definition) is 0. The molecule has 0 radical (unpaired) electrons. The maximum Gasteiger partial charge on any atom is 0.0541 e. The van der Waals surface area contributed by atoms with Gasteiger partial charge in [-0.1, -0.05) is 115 Å². The Balaban J connectivity index is 1.22. The molecule has 0 bridgehead atoms. The first kappa shape index (κ1) is 25.8. The van der Waals surface area contributed by atoms with Crippen molar-refractivity contribution in [2.75, 3.05) is 4.90 Å². The van der Waals surface area contributed by atoms with E-state index in [9.17, 15) is 0 Å². The summed E-state index contributed by atoms with van der Waals surface area (Å²) in [5.41, 5.74) is 11.8. The third-order valence-electron chi connectivity index (χ3n) is 8.39. The highest BCUT2D eigenvalue weighted by Crippen LogP contribution is 2.39. The van der Waals surface area contributed by atoms with Gasteiger partial charge in [0, 0.05) is 33.5 Å². The largest absolute Gasteiger partial charge is 0.311 e. The Morgan fingerprint density at radius 3 is 1.48 bits per heavy atom. The lowest BCUT2D eigenvalue weighted by atomic mass is 9.93. The summed E-state index contributed by atoms with van der Waals surface area (Å²) in [6, 6.07) is 65.0. The Bertz CT molecular complexity index is 2160. The molecule has 8 aromatic rings. The average Bonchev–Trinajstić information content (AvgIpc) is 3.44. The van der Waals surface area contributed by atoms with Gasteiger partial charge in [-0.25, -0.2) is 0 Å². The predicted molar refractivity (Wildman–Crippen MR) is 186 cm³/mol. The van der Waals surface area contributed by atoms with Gasteiger partial charge in [0.25, 0.3) is 0 Å². The maximum absolute atomic E-state index is 2.37. The van der Waals surface area contributed by atoms with Gasteiger partial charge in [-0.15, -0.1) is 0 Å². The molecule has 1 heterocycles. The fourth-order valence-corrected chi connectivity index (χ4v) is 6.37. The van der Waals surface area contributed by atoms with Gasteiger partial charge in [0.15, 0.2) is 0 Å². The van der Waals surface area contributed by atoms with Crippen LogP contribution in [-0.2, 0) is 0 Å². The smallest absolute Gasteiger partial charge is 0.0541 e. The molecule has 0 saturated carbocycles. The van der Waals surface area contributed by atoms with Crippen LogP contribution in [0.1, 0.15) is 0 Å². The molecule has 44 heavy (non-hydrogen) atoms. The van der Waals surface area contributed by atoms with E-state index in [-0.39, 0.29) is 0 Å². The predicted octanol–water partition coefficient (Wildman–Crippen LogP) is 11.6. The number of fused-ring (bicyclic) bond motifs is 3. The zero-order valence-electron chi connectivity index (χ0n) is 24.2. The fourth-order valence-electron chi connectivity index (χ4n) is 6.37. The van der Waals surface area contributed by atoms with Gasteiger partial charge >= 0.3 is 0 Å². The molecule has 0 unspecified atom stereocenters. The van der Waals surface area contributed by atoms with E-state index < -0.39 is 0 Å². The number of hydrogen-bond acceptors (Lipinski definition) is 1. The standard InChI is InChI=1S/C42H30N2/c1-4-14-33(15-5-1)43(34-16-6-2-7-17-34)36-27-24-31(25-28-36)37-20-10-11-21-38(37)32-26-29-42-40(30-32)39-22-12-13-23-41(39)44(42)35-18-8-3-9-19-35/h1-30H. The van der Waals surface area contributed by atoms with E-state index in [1.807, 2.05) is 0 Å². The van der Waals surface area contributed by atoms with E-state index in [0.717, 1.165) is 17.1 Å². The van der Waals surface area contributed by atoms with Crippen LogP contribution in [0.5, 0.6) is 0 Å². The number of benzene rings is 7. The second-order valence-corrected chi connectivity index (χ2v) is 11.0. The van der Waals surface area contributed by atoms with E-state index in [1.165, 1.54) is 49.7 Å². The van der Waals surface area contributed by atoms with E-state index in [2.05, 4.69) is 191 Å². The molecule has 208 valence electrons. The van der Waals surface area contributed by atoms with E-state index in [0.29, 0.717) is 0 Å². The van der Waals surface area contributed by atoms with Crippen LogP contribution in [0, 0.1) is 0 Å². The Morgan fingerprint density at radius 1 is 0.341 bits per heavy atom. The average molecular weight is 563 g/mol. The monoisotopic (exact) mass is 562 g/mol. The van der Waals surface area contributed by atoms with Crippen molar-refractivity contribution in [1.29, 1.82) is 0 Å². The summed E-state index contributed by atoms with van der Waals surface area (Å²) in [4.78, 5) is 2.30. The Labute approximate surface area is 257 Å². The Morgan fingerprint density at radius 2 is 0.818 bits per heavy atom. The van der Waals surface area contributed by atoms with Crippen molar-refractivity contribution in [2.24, 2.45) is 0 Å². The van der Waals surface area contributed by atoms with Crippen molar-refractivity contribution in [3.63, 3.8) is 0 Å². The SMILES string of the molecule is c1ccc(N(c2ccccc2)c2ccc(-c3ccccc3-c3ccc4c(c3)c3ccccc3n4-c3ccccc3)cc2)cc1. The van der Waals surface area contributed by atoms with Crippen molar-refractivity contribution in [3.8, 4) is 27.9 Å². The molecule has 2 nitrogen and oxygen atoms in total. The molecule has 0 aliphatic rings. The number of para-hydroxylation sites is 4. The summed E-state index contributed by atoms with van der Waals surface area (Å²) >= 11 is 0. The van der Waals surface area contributed by atoms with Gasteiger partial charge in [0.05, 0.1) is 11.0 Å². The minimum atomic E-state index is 1.12. The molecule has 8 rings (SSSR count). The molecule has 0 aliphatic heterocycles. The van der Waals surface area contributed by atoms with Gasteiger partial charge in [-0.2, -0.15) is 0 Å².